The van der Waals surface area contributed by atoms with E-state index in [1.165, 1.54) is 70.6 Å². The Kier molecular flexibility index (Phi) is 5.51. The molecule has 5 aliphatic carbocycles. The second kappa shape index (κ2) is 8.11. The number of hydrogen-bond donors (Lipinski definition) is 2. The fourth-order valence-corrected chi connectivity index (χ4v) is 7.96. The number of carbonyl (C=O) groups is 2. The second-order valence-electron chi connectivity index (χ2n) is 11.1. The van der Waals surface area contributed by atoms with Gasteiger partial charge >= 0.3 is 6.03 Å². The zero-order chi connectivity index (χ0) is 19.8. The predicted octanol–water partition coefficient (Wildman–Crippen LogP) is 4.07. The molecule has 162 valence electrons. The minimum absolute atomic E-state index is 0.0792. The molecule has 3 amide bonds. The molecule has 5 heteroatoms. The smallest absolute Gasteiger partial charge is 0.317 e. The van der Waals surface area contributed by atoms with Crippen LogP contribution in [0.4, 0.5) is 4.79 Å². The van der Waals surface area contributed by atoms with Crippen LogP contribution in [-0.4, -0.2) is 42.0 Å². The SMILES string of the molecule is O=C(CCCNC(=O)N1CCC2CCCCC2C1)NC12CC3CC(CC(C3)C1)C2. The zero-order valence-corrected chi connectivity index (χ0v) is 18.0. The normalized spacial score (nSPS) is 40.4. The van der Waals surface area contributed by atoms with Gasteiger partial charge in [0.1, 0.15) is 0 Å². The number of fused-ring (bicyclic) bond motifs is 1. The number of nitrogens with one attached hydrogen (secondary N) is 2. The maximum Gasteiger partial charge on any atom is 0.317 e. The molecule has 6 fully saturated rings. The van der Waals surface area contributed by atoms with Gasteiger partial charge in [-0.15, -0.1) is 0 Å². The molecule has 4 bridgehead atoms. The summed E-state index contributed by atoms with van der Waals surface area (Å²) in [5.41, 5.74) is 0.111. The molecular weight excluding hydrogens is 362 g/mol. The van der Waals surface area contributed by atoms with Crippen LogP contribution < -0.4 is 10.6 Å². The molecular formula is C24H39N3O2. The lowest BCUT2D eigenvalue weighted by molar-refractivity contribution is -0.126. The summed E-state index contributed by atoms with van der Waals surface area (Å²) < 4.78 is 0. The Morgan fingerprint density at radius 2 is 1.55 bits per heavy atom. The molecule has 0 aromatic carbocycles. The van der Waals surface area contributed by atoms with Gasteiger partial charge in [-0.1, -0.05) is 19.3 Å². The van der Waals surface area contributed by atoms with Gasteiger partial charge in [-0.05, 0) is 87.4 Å². The largest absolute Gasteiger partial charge is 0.351 e. The van der Waals surface area contributed by atoms with Crippen molar-refractivity contribution in [2.24, 2.45) is 29.6 Å². The van der Waals surface area contributed by atoms with E-state index in [4.69, 9.17) is 0 Å². The third-order valence-corrected chi connectivity index (χ3v) is 8.88. The van der Waals surface area contributed by atoms with Gasteiger partial charge in [0.2, 0.25) is 5.91 Å². The summed E-state index contributed by atoms with van der Waals surface area (Å²) >= 11 is 0. The van der Waals surface area contributed by atoms with Crippen molar-refractivity contribution in [1.82, 2.24) is 15.5 Å². The van der Waals surface area contributed by atoms with Crippen LogP contribution in [0.2, 0.25) is 0 Å². The molecule has 6 rings (SSSR count). The molecule has 0 aromatic heterocycles. The van der Waals surface area contributed by atoms with E-state index in [-0.39, 0.29) is 17.5 Å². The predicted molar refractivity (Wildman–Crippen MR) is 113 cm³/mol. The monoisotopic (exact) mass is 401 g/mol. The average molecular weight is 402 g/mol. The Hall–Kier alpha value is -1.26. The van der Waals surface area contributed by atoms with E-state index in [2.05, 4.69) is 10.6 Å². The highest BCUT2D eigenvalue weighted by Crippen LogP contribution is 2.55. The molecule has 5 nitrogen and oxygen atoms in total. The standard InChI is InChI=1S/C24H39N3O2/c28-22(26-24-13-17-10-18(14-24)12-19(11-17)15-24)6-3-8-25-23(29)27-9-7-20-4-1-2-5-21(20)16-27/h17-21H,1-16H2,(H,25,29)(H,26,28). The topological polar surface area (TPSA) is 61.4 Å². The van der Waals surface area contributed by atoms with Crippen LogP contribution in [0.5, 0.6) is 0 Å². The molecule has 1 heterocycles. The highest BCUT2D eigenvalue weighted by molar-refractivity contribution is 5.77. The van der Waals surface area contributed by atoms with Gasteiger partial charge in [0.05, 0.1) is 0 Å². The van der Waals surface area contributed by atoms with Gasteiger partial charge in [0, 0.05) is 31.6 Å². The molecule has 0 radical (unpaired) electrons. The summed E-state index contributed by atoms with van der Waals surface area (Å²) in [5, 5.41) is 6.51. The average Bonchev–Trinajstić information content (AvgIpc) is 2.69. The van der Waals surface area contributed by atoms with Gasteiger partial charge in [0.15, 0.2) is 0 Å². The van der Waals surface area contributed by atoms with E-state index < -0.39 is 0 Å². The van der Waals surface area contributed by atoms with Gasteiger partial charge in [-0.25, -0.2) is 4.79 Å². The number of hydrogen-bond acceptors (Lipinski definition) is 2. The minimum atomic E-state index is 0.0792. The maximum atomic E-state index is 12.6. The number of nitrogens with zero attached hydrogens (tertiary/aromatic N) is 1. The highest BCUT2D eigenvalue weighted by Gasteiger charge is 2.51. The highest BCUT2D eigenvalue weighted by atomic mass is 16.2. The fourth-order valence-electron chi connectivity index (χ4n) is 7.96. The minimum Gasteiger partial charge on any atom is -0.351 e. The number of likely N-dealkylation sites (tertiary alicyclic amines) is 1. The number of carbonyl (C=O) groups excluding carboxylic acids is 2. The number of piperidine rings is 1. The van der Waals surface area contributed by atoms with E-state index in [0.717, 1.165) is 43.2 Å². The number of rotatable bonds is 5. The molecule has 0 aromatic rings. The Bertz CT molecular complexity index is 598. The van der Waals surface area contributed by atoms with Crippen molar-refractivity contribution in [3.63, 3.8) is 0 Å². The number of amides is 3. The molecule has 5 saturated carbocycles. The van der Waals surface area contributed by atoms with Gasteiger partial charge in [0.25, 0.3) is 0 Å². The summed E-state index contributed by atoms with van der Waals surface area (Å²) in [6, 6.07) is 0.0792. The zero-order valence-electron chi connectivity index (χ0n) is 18.0. The van der Waals surface area contributed by atoms with Gasteiger partial charge in [-0.3, -0.25) is 4.79 Å². The quantitative estimate of drug-likeness (QED) is 0.682. The van der Waals surface area contributed by atoms with Crippen molar-refractivity contribution >= 4 is 11.9 Å². The van der Waals surface area contributed by atoms with E-state index in [1.54, 1.807) is 0 Å². The molecule has 2 unspecified atom stereocenters. The molecule has 2 N–H and O–H groups in total. The fraction of sp³-hybridized carbons (Fsp3) is 0.917. The maximum absolute atomic E-state index is 12.6. The molecule has 29 heavy (non-hydrogen) atoms. The Labute approximate surface area is 175 Å². The van der Waals surface area contributed by atoms with Gasteiger partial charge < -0.3 is 15.5 Å². The second-order valence-corrected chi connectivity index (χ2v) is 11.1. The molecule has 0 spiro atoms. The summed E-state index contributed by atoms with van der Waals surface area (Å²) in [4.78, 5) is 27.1. The van der Waals surface area contributed by atoms with Crippen molar-refractivity contribution in [1.29, 1.82) is 0 Å². The van der Waals surface area contributed by atoms with Crippen molar-refractivity contribution in [2.45, 2.75) is 89.0 Å². The molecule has 1 saturated heterocycles. The summed E-state index contributed by atoms with van der Waals surface area (Å²) in [6.07, 6.45) is 15.6. The molecule has 1 aliphatic heterocycles. The lowest BCUT2D eigenvalue weighted by atomic mass is 9.53. The summed E-state index contributed by atoms with van der Waals surface area (Å²) in [5.74, 6) is 4.33. The van der Waals surface area contributed by atoms with Crippen LogP contribution in [0.25, 0.3) is 0 Å². The van der Waals surface area contributed by atoms with Gasteiger partial charge in [-0.2, -0.15) is 0 Å². The Morgan fingerprint density at radius 3 is 2.24 bits per heavy atom. The lowest BCUT2D eigenvalue weighted by Gasteiger charge is -2.56. The van der Waals surface area contributed by atoms with E-state index in [0.29, 0.717) is 18.9 Å². The van der Waals surface area contributed by atoms with Crippen LogP contribution in [-0.2, 0) is 4.79 Å². The van der Waals surface area contributed by atoms with E-state index in [1.807, 2.05) is 4.90 Å². The first-order chi connectivity index (χ1) is 14.1. The third-order valence-electron chi connectivity index (χ3n) is 8.88. The van der Waals surface area contributed by atoms with Crippen LogP contribution in [0.15, 0.2) is 0 Å². The summed E-state index contributed by atoms with van der Waals surface area (Å²) in [6.45, 7) is 2.44. The van der Waals surface area contributed by atoms with E-state index in [9.17, 15) is 9.59 Å². The number of urea groups is 1. The molecule has 2 atom stereocenters. The van der Waals surface area contributed by atoms with Crippen LogP contribution >= 0.6 is 0 Å². The van der Waals surface area contributed by atoms with Crippen LogP contribution in [0, 0.1) is 29.6 Å². The van der Waals surface area contributed by atoms with Crippen molar-refractivity contribution in [2.75, 3.05) is 19.6 Å². The molecule has 6 aliphatic rings. The van der Waals surface area contributed by atoms with Crippen LogP contribution in [0.3, 0.4) is 0 Å². The van der Waals surface area contributed by atoms with Crippen molar-refractivity contribution in [3.05, 3.63) is 0 Å². The van der Waals surface area contributed by atoms with Crippen molar-refractivity contribution in [3.8, 4) is 0 Å². The van der Waals surface area contributed by atoms with E-state index >= 15 is 0 Å². The first kappa shape index (κ1) is 19.7. The first-order valence-corrected chi connectivity index (χ1v) is 12.4. The van der Waals surface area contributed by atoms with Crippen LogP contribution in [0.1, 0.15) is 83.5 Å². The lowest BCUT2D eigenvalue weighted by Crippen LogP contribution is -2.59. The van der Waals surface area contributed by atoms with Crippen molar-refractivity contribution < 1.29 is 9.59 Å². The Balaban J connectivity index is 1.02. The Morgan fingerprint density at radius 1 is 0.897 bits per heavy atom. The summed E-state index contributed by atoms with van der Waals surface area (Å²) in [7, 11) is 0. The first-order valence-electron chi connectivity index (χ1n) is 12.4. The third kappa shape index (κ3) is 4.29.